The Kier molecular flexibility index (Phi) is 3.95. The summed E-state index contributed by atoms with van der Waals surface area (Å²) in [5.74, 6) is -0.710. The number of Topliss-reactive ketones (excluding diaryl/α,β-unsaturated/α-hetero) is 1. The lowest BCUT2D eigenvalue weighted by Gasteiger charge is -2.33. The van der Waals surface area contributed by atoms with Gasteiger partial charge in [-0.2, -0.15) is 0 Å². The van der Waals surface area contributed by atoms with Gasteiger partial charge in [0.05, 0.1) is 21.3 Å². The molecule has 3 nitrogen and oxygen atoms in total. The number of carbonyl (C=O) groups excluding carboxylic acids is 2. The summed E-state index contributed by atoms with van der Waals surface area (Å²) in [6, 6.07) is 10.2. The summed E-state index contributed by atoms with van der Waals surface area (Å²) in [7, 11) is 0. The second-order valence-electron chi connectivity index (χ2n) is 5.20. The number of ketones is 1. The molecule has 1 heterocycles. The van der Waals surface area contributed by atoms with E-state index in [1.807, 2.05) is 0 Å². The standard InChI is InChI=1S/C16H10Cl2INO2/c1-16(8-5-6-11(19)10(18)7-8)14(21)13-9(17)3-2-4-12(13)20-15(16)22/h2-7H,1H3,(H,20,22). The molecule has 22 heavy (non-hydrogen) atoms. The molecule has 1 unspecified atom stereocenters. The zero-order valence-electron chi connectivity index (χ0n) is 11.4. The summed E-state index contributed by atoms with van der Waals surface area (Å²) >= 11 is 14.4. The largest absolute Gasteiger partial charge is 0.324 e. The van der Waals surface area contributed by atoms with Gasteiger partial charge in [0.1, 0.15) is 5.41 Å². The number of anilines is 1. The van der Waals surface area contributed by atoms with Gasteiger partial charge < -0.3 is 5.32 Å². The Morgan fingerprint density at radius 2 is 1.82 bits per heavy atom. The van der Waals surface area contributed by atoms with E-state index in [-0.39, 0.29) is 11.7 Å². The number of fused-ring (bicyclic) bond motifs is 1. The molecule has 3 rings (SSSR count). The van der Waals surface area contributed by atoms with Gasteiger partial charge in [-0.3, -0.25) is 9.59 Å². The van der Waals surface area contributed by atoms with Crippen LogP contribution in [0.15, 0.2) is 36.4 Å². The molecule has 0 aromatic heterocycles. The first-order chi connectivity index (χ1) is 10.4. The normalized spacial score (nSPS) is 20.5. The van der Waals surface area contributed by atoms with Crippen LogP contribution in [0, 0.1) is 3.57 Å². The number of rotatable bonds is 1. The van der Waals surface area contributed by atoms with E-state index in [2.05, 4.69) is 27.9 Å². The van der Waals surface area contributed by atoms with Crippen molar-refractivity contribution < 1.29 is 9.59 Å². The Labute approximate surface area is 151 Å². The van der Waals surface area contributed by atoms with Crippen molar-refractivity contribution in [1.29, 1.82) is 0 Å². The summed E-state index contributed by atoms with van der Waals surface area (Å²) in [6.07, 6.45) is 0. The van der Waals surface area contributed by atoms with Gasteiger partial charge >= 0.3 is 0 Å². The second-order valence-corrected chi connectivity index (χ2v) is 7.18. The third kappa shape index (κ3) is 2.25. The van der Waals surface area contributed by atoms with Crippen LogP contribution in [-0.2, 0) is 10.2 Å². The van der Waals surface area contributed by atoms with Crippen LogP contribution in [0.5, 0.6) is 0 Å². The molecule has 0 fully saturated rings. The van der Waals surface area contributed by atoms with Crippen LogP contribution < -0.4 is 5.32 Å². The first-order valence-electron chi connectivity index (χ1n) is 6.46. The van der Waals surface area contributed by atoms with Crippen molar-refractivity contribution in [3.8, 4) is 0 Å². The number of hydrogen-bond donors (Lipinski definition) is 1. The molecule has 0 aliphatic carbocycles. The highest BCUT2D eigenvalue weighted by Gasteiger charge is 2.48. The smallest absolute Gasteiger partial charge is 0.242 e. The van der Waals surface area contributed by atoms with Crippen molar-refractivity contribution in [3.63, 3.8) is 0 Å². The van der Waals surface area contributed by atoms with Crippen molar-refractivity contribution >= 4 is 63.2 Å². The van der Waals surface area contributed by atoms with Crippen molar-refractivity contribution in [1.82, 2.24) is 0 Å². The molecule has 0 spiro atoms. The van der Waals surface area contributed by atoms with Gasteiger partial charge in [0.15, 0.2) is 5.78 Å². The molecule has 2 aromatic carbocycles. The Morgan fingerprint density at radius 3 is 2.50 bits per heavy atom. The number of benzene rings is 2. The molecule has 6 heteroatoms. The summed E-state index contributed by atoms with van der Waals surface area (Å²) in [6.45, 7) is 1.59. The summed E-state index contributed by atoms with van der Waals surface area (Å²) in [5.41, 5.74) is -0.0325. The summed E-state index contributed by atoms with van der Waals surface area (Å²) in [4.78, 5) is 25.6. The highest BCUT2D eigenvalue weighted by atomic mass is 127. The zero-order valence-corrected chi connectivity index (χ0v) is 15.1. The fourth-order valence-corrected chi connectivity index (χ4v) is 3.31. The number of hydrogen-bond acceptors (Lipinski definition) is 2. The predicted molar refractivity (Wildman–Crippen MR) is 95.9 cm³/mol. The Morgan fingerprint density at radius 1 is 1.09 bits per heavy atom. The Balaban J connectivity index is 2.22. The molecule has 0 bridgehead atoms. The van der Waals surface area contributed by atoms with E-state index >= 15 is 0 Å². The first kappa shape index (κ1) is 15.8. The average molecular weight is 446 g/mol. The molecular weight excluding hydrogens is 436 g/mol. The van der Waals surface area contributed by atoms with E-state index in [1.165, 1.54) is 0 Å². The van der Waals surface area contributed by atoms with Gasteiger partial charge in [-0.15, -0.1) is 0 Å². The van der Waals surface area contributed by atoms with Crippen LogP contribution in [0.4, 0.5) is 5.69 Å². The van der Waals surface area contributed by atoms with Crippen LogP contribution >= 0.6 is 45.8 Å². The lowest BCUT2D eigenvalue weighted by molar-refractivity contribution is -0.119. The van der Waals surface area contributed by atoms with Crippen molar-refractivity contribution in [2.45, 2.75) is 12.3 Å². The predicted octanol–water partition coefficient (Wildman–Crippen LogP) is 4.69. The van der Waals surface area contributed by atoms with E-state index in [0.29, 0.717) is 26.9 Å². The minimum Gasteiger partial charge on any atom is -0.324 e. The number of carbonyl (C=O) groups is 2. The third-order valence-electron chi connectivity index (χ3n) is 3.89. The van der Waals surface area contributed by atoms with E-state index in [0.717, 1.165) is 3.57 Å². The van der Waals surface area contributed by atoms with Crippen molar-refractivity contribution in [2.24, 2.45) is 0 Å². The zero-order chi connectivity index (χ0) is 16.1. The van der Waals surface area contributed by atoms with E-state index in [1.54, 1.807) is 43.3 Å². The van der Waals surface area contributed by atoms with Crippen LogP contribution in [-0.4, -0.2) is 11.7 Å². The molecule has 0 radical (unpaired) electrons. The van der Waals surface area contributed by atoms with Crippen LogP contribution in [0.2, 0.25) is 10.0 Å². The Bertz CT molecular complexity index is 822. The summed E-state index contributed by atoms with van der Waals surface area (Å²) < 4.78 is 0.855. The molecule has 112 valence electrons. The minimum atomic E-state index is -1.36. The molecule has 1 amide bonds. The average Bonchev–Trinajstić information content (AvgIpc) is 2.47. The molecular formula is C16H10Cl2INO2. The minimum absolute atomic E-state index is 0.324. The monoisotopic (exact) mass is 445 g/mol. The number of amides is 1. The SMILES string of the molecule is CC1(c2ccc(I)c(Cl)c2)C(=O)Nc2cccc(Cl)c2C1=O. The van der Waals surface area contributed by atoms with E-state index in [9.17, 15) is 9.59 Å². The van der Waals surface area contributed by atoms with Gasteiger partial charge in [-0.05, 0) is 59.3 Å². The van der Waals surface area contributed by atoms with Crippen LogP contribution in [0.1, 0.15) is 22.8 Å². The maximum atomic E-state index is 13.0. The van der Waals surface area contributed by atoms with Gasteiger partial charge in [-0.1, -0.05) is 35.3 Å². The molecule has 1 atom stereocenters. The molecule has 1 aliphatic rings. The Hall–Kier alpha value is -1.11. The molecule has 1 N–H and O–H groups in total. The first-order valence-corrected chi connectivity index (χ1v) is 8.29. The van der Waals surface area contributed by atoms with E-state index in [4.69, 9.17) is 23.2 Å². The molecule has 1 aliphatic heterocycles. The summed E-state index contributed by atoms with van der Waals surface area (Å²) in [5, 5.41) is 3.59. The highest BCUT2D eigenvalue weighted by Crippen LogP contribution is 2.40. The highest BCUT2D eigenvalue weighted by molar-refractivity contribution is 14.1. The van der Waals surface area contributed by atoms with Gasteiger partial charge in [0.25, 0.3) is 0 Å². The maximum Gasteiger partial charge on any atom is 0.242 e. The molecule has 2 aromatic rings. The van der Waals surface area contributed by atoms with Crippen molar-refractivity contribution in [2.75, 3.05) is 5.32 Å². The lowest BCUT2D eigenvalue weighted by Crippen LogP contribution is -2.48. The van der Waals surface area contributed by atoms with Gasteiger partial charge in [-0.25, -0.2) is 0 Å². The third-order valence-corrected chi connectivity index (χ3v) is 5.78. The fraction of sp³-hybridized carbons (Fsp3) is 0.125. The molecule has 0 saturated heterocycles. The van der Waals surface area contributed by atoms with Crippen LogP contribution in [0.3, 0.4) is 0 Å². The fourth-order valence-electron chi connectivity index (χ4n) is 2.53. The number of halogens is 3. The quantitative estimate of drug-likeness (QED) is 0.511. The van der Waals surface area contributed by atoms with Crippen molar-refractivity contribution in [3.05, 3.63) is 61.1 Å². The number of nitrogens with one attached hydrogen (secondary N) is 1. The molecule has 0 saturated carbocycles. The lowest BCUT2D eigenvalue weighted by atomic mass is 9.73. The van der Waals surface area contributed by atoms with Gasteiger partial charge in [0.2, 0.25) is 5.91 Å². The van der Waals surface area contributed by atoms with Crippen LogP contribution in [0.25, 0.3) is 0 Å². The second kappa shape index (κ2) is 5.51. The van der Waals surface area contributed by atoms with E-state index < -0.39 is 5.41 Å². The topological polar surface area (TPSA) is 46.2 Å². The van der Waals surface area contributed by atoms with Gasteiger partial charge in [0, 0.05) is 3.57 Å². The maximum absolute atomic E-state index is 13.0.